The van der Waals surface area contributed by atoms with Crippen molar-refractivity contribution >= 4 is 22.6 Å². The average Bonchev–Trinajstić information content (AvgIpc) is 2.77. The Hall–Kier alpha value is -3.09. The van der Waals surface area contributed by atoms with Crippen molar-refractivity contribution < 1.29 is 19.1 Å². The highest BCUT2D eigenvalue weighted by atomic mass is 16.6. The fourth-order valence-electron chi connectivity index (χ4n) is 3.08. The number of methoxy groups -OCH3 is 1. The second kappa shape index (κ2) is 12.5. The van der Waals surface area contributed by atoms with E-state index in [4.69, 9.17) is 15.0 Å². The van der Waals surface area contributed by atoms with Gasteiger partial charge < -0.3 is 14.8 Å². The lowest BCUT2D eigenvalue weighted by Crippen LogP contribution is -2.43. The molecule has 2 rings (SSSR count). The van der Waals surface area contributed by atoms with Crippen LogP contribution in [0.4, 0.5) is 0 Å². The number of nitrogens with one attached hydrogen (secondary N) is 1. The summed E-state index contributed by atoms with van der Waals surface area (Å²) in [7, 11) is 1.26. The summed E-state index contributed by atoms with van der Waals surface area (Å²) in [6.07, 6.45) is 1.88. The van der Waals surface area contributed by atoms with Gasteiger partial charge in [-0.2, -0.15) is 0 Å². The van der Waals surface area contributed by atoms with Gasteiger partial charge in [-0.05, 0) is 47.7 Å². The molecule has 160 valence electrons. The quantitative estimate of drug-likeness (QED) is 0.135. The van der Waals surface area contributed by atoms with Crippen LogP contribution in [-0.4, -0.2) is 31.8 Å². The van der Waals surface area contributed by atoms with Crippen LogP contribution in [0, 0.1) is 0 Å². The summed E-state index contributed by atoms with van der Waals surface area (Å²) in [5, 5.41) is 8.28. The van der Waals surface area contributed by atoms with Crippen LogP contribution in [0.5, 0.6) is 0 Å². The molecule has 30 heavy (non-hydrogen) atoms. The van der Waals surface area contributed by atoms with Crippen LogP contribution in [-0.2, 0) is 19.1 Å². The summed E-state index contributed by atoms with van der Waals surface area (Å²) >= 11 is 0. The number of carbonyl (C=O) groups excluding carboxylic acids is 2. The zero-order valence-electron chi connectivity index (χ0n) is 17.4. The number of rotatable bonds is 12. The summed E-state index contributed by atoms with van der Waals surface area (Å²) in [5.41, 5.74) is 9.13. The van der Waals surface area contributed by atoms with Gasteiger partial charge in [0.25, 0.3) is 0 Å². The van der Waals surface area contributed by atoms with Crippen molar-refractivity contribution in [1.29, 1.82) is 0 Å². The molecule has 8 heteroatoms. The molecule has 0 saturated carbocycles. The summed E-state index contributed by atoms with van der Waals surface area (Å²) in [5.74, 6) is -0.920. The van der Waals surface area contributed by atoms with Crippen LogP contribution in [0.1, 0.15) is 50.7 Å². The van der Waals surface area contributed by atoms with Gasteiger partial charge in [0.05, 0.1) is 13.2 Å². The molecule has 0 aliphatic heterocycles. The van der Waals surface area contributed by atoms with Crippen molar-refractivity contribution in [3.63, 3.8) is 0 Å². The number of esters is 1. The Morgan fingerprint density at radius 2 is 1.83 bits per heavy atom. The highest BCUT2D eigenvalue weighted by molar-refractivity contribution is 5.84. The van der Waals surface area contributed by atoms with E-state index in [1.165, 1.54) is 7.11 Å². The van der Waals surface area contributed by atoms with E-state index in [1.54, 1.807) is 0 Å². The second-order valence-corrected chi connectivity index (χ2v) is 6.97. The van der Waals surface area contributed by atoms with Gasteiger partial charge in [-0.3, -0.25) is 4.79 Å². The molecule has 0 unspecified atom stereocenters. The van der Waals surface area contributed by atoms with Crippen molar-refractivity contribution in [3.05, 3.63) is 58.5 Å². The highest BCUT2D eigenvalue weighted by Gasteiger charge is 2.25. The van der Waals surface area contributed by atoms with Gasteiger partial charge in [-0.25, -0.2) is 4.79 Å². The molecule has 2 aromatic carbocycles. The molecule has 0 aromatic heterocycles. The van der Waals surface area contributed by atoms with E-state index < -0.39 is 18.3 Å². The Balaban J connectivity index is 1.88. The van der Waals surface area contributed by atoms with Crippen molar-refractivity contribution in [1.82, 2.24) is 5.32 Å². The maximum absolute atomic E-state index is 12.2. The van der Waals surface area contributed by atoms with Gasteiger partial charge in [0, 0.05) is 17.9 Å². The molecule has 2 atom stereocenters. The first kappa shape index (κ1) is 23.2. The molecule has 0 fully saturated rings. The molecule has 0 bridgehead atoms. The molecule has 0 aliphatic carbocycles. The smallest absolute Gasteiger partial charge is 0.356 e. The van der Waals surface area contributed by atoms with Gasteiger partial charge in [-0.1, -0.05) is 54.4 Å². The minimum atomic E-state index is -1.17. The minimum Gasteiger partial charge on any atom is -0.466 e. The van der Waals surface area contributed by atoms with E-state index in [9.17, 15) is 9.59 Å². The lowest BCUT2D eigenvalue weighted by molar-refractivity contribution is -0.163. The SMILES string of the molecule is COC(=O)[C@H](NC(=O)CCCCCCN=[N+]=[N-])O[C@@H](C)c1ccc2ccccc2c1. The predicted molar refractivity (Wildman–Crippen MR) is 114 cm³/mol. The first-order valence-electron chi connectivity index (χ1n) is 10.1. The van der Waals surface area contributed by atoms with Crippen LogP contribution >= 0.6 is 0 Å². The van der Waals surface area contributed by atoms with Gasteiger partial charge in [0.2, 0.25) is 12.1 Å². The largest absolute Gasteiger partial charge is 0.466 e. The number of azide groups is 1. The van der Waals surface area contributed by atoms with Gasteiger partial charge in [0.15, 0.2) is 0 Å². The maximum Gasteiger partial charge on any atom is 0.356 e. The monoisotopic (exact) mass is 412 g/mol. The first-order chi connectivity index (χ1) is 14.5. The van der Waals surface area contributed by atoms with Crippen LogP contribution in [0.3, 0.4) is 0 Å². The van der Waals surface area contributed by atoms with Crippen LogP contribution < -0.4 is 5.32 Å². The third-order valence-electron chi connectivity index (χ3n) is 4.77. The number of hydrogen-bond acceptors (Lipinski definition) is 5. The average molecular weight is 412 g/mol. The van der Waals surface area contributed by atoms with Crippen molar-refractivity contribution in [2.75, 3.05) is 13.7 Å². The standard InChI is InChI=1S/C22H28N4O4/c1-16(18-13-12-17-9-6-7-10-19(17)15-18)30-21(22(28)29-2)25-20(27)11-5-3-4-8-14-24-26-23/h6-7,9-10,12-13,15-16,21H,3-5,8,11,14H2,1-2H3,(H,25,27)/t16-,21+/m0/s1. The van der Waals surface area contributed by atoms with E-state index >= 15 is 0 Å². The van der Waals surface area contributed by atoms with Gasteiger partial charge in [-0.15, -0.1) is 0 Å². The molecule has 0 aliphatic rings. The molecular formula is C22H28N4O4. The van der Waals surface area contributed by atoms with Crippen molar-refractivity contribution in [2.45, 2.75) is 51.4 Å². The van der Waals surface area contributed by atoms with E-state index in [1.807, 2.05) is 49.4 Å². The Labute approximate surface area is 176 Å². The molecule has 0 saturated heterocycles. The Bertz CT molecular complexity index is 896. The van der Waals surface area contributed by atoms with Crippen molar-refractivity contribution in [2.24, 2.45) is 5.11 Å². The summed E-state index contributed by atoms with van der Waals surface area (Å²) in [4.78, 5) is 27.0. The van der Waals surface area contributed by atoms with Gasteiger partial charge >= 0.3 is 5.97 Å². The number of unbranched alkanes of at least 4 members (excludes halogenated alkanes) is 3. The zero-order chi connectivity index (χ0) is 21.8. The number of amides is 1. The van der Waals surface area contributed by atoms with Crippen molar-refractivity contribution in [3.8, 4) is 0 Å². The normalized spacial score (nSPS) is 12.6. The molecule has 2 aromatic rings. The second-order valence-electron chi connectivity index (χ2n) is 6.97. The van der Waals surface area contributed by atoms with Crippen LogP contribution in [0.15, 0.2) is 47.6 Å². The number of carbonyl (C=O) groups is 2. The van der Waals surface area contributed by atoms with E-state index in [2.05, 4.69) is 15.3 Å². The fraction of sp³-hybridized carbons (Fsp3) is 0.455. The predicted octanol–water partition coefficient (Wildman–Crippen LogP) is 4.79. The molecular weight excluding hydrogens is 384 g/mol. The molecule has 1 N–H and O–H groups in total. The number of nitrogens with zero attached hydrogens (tertiary/aromatic N) is 3. The number of ether oxygens (including phenoxy) is 2. The van der Waals surface area contributed by atoms with Crippen LogP contribution in [0.2, 0.25) is 0 Å². The fourth-order valence-corrected chi connectivity index (χ4v) is 3.08. The summed E-state index contributed by atoms with van der Waals surface area (Å²) in [6.45, 7) is 2.30. The topological polar surface area (TPSA) is 113 Å². The zero-order valence-corrected chi connectivity index (χ0v) is 17.4. The molecule has 1 amide bonds. The lowest BCUT2D eigenvalue weighted by atomic mass is 10.0. The first-order valence-corrected chi connectivity index (χ1v) is 10.1. The highest BCUT2D eigenvalue weighted by Crippen LogP contribution is 2.23. The minimum absolute atomic E-state index is 0.272. The van der Waals surface area contributed by atoms with E-state index in [0.29, 0.717) is 13.0 Å². The van der Waals surface area contributed by atoms with E-state index in [-0.39, 0.29) is 12.3 Å². The Morgan fingerprint density at radius 1 is 1.10 bits per heavy atom. The third-order valence-corrected chi connectivity index (χ3v) is 4.77. The molecule has 8 nitrogen and oxygen atoms in total. The number of hydrogen-bond donors (Lipinski definition) is 1. The van der Waals surface area contributed by atoms with E-state index in [0.717, 1.165) is 35.6 Å². The molecule has 0 radical (unpaired) electrons. The molecule has 0 spiro atoms. The Kier molecular flexibility index (Phi) is 9.64. The number of benzene rings is 2. The summed E-state index contributed by atoms with van der Waals surface area (Å²) < 4.78 is 10.6. The third kappa shape index (κ3) is 7.39. The number of fused-ring (bicyclic) bond motifs is 1. The lowest BCUT2D eigenvalue weighted by Gasteiger charge is -2.22. The summed E-state index contributed by atoms with van der Waals surface area (Å²) in [6, 6.07) is 13.9. The van der Waals surface area contributed by atoms with Crippen LogP contribution in [0.25, 0.3) is 21.2 Å². The van der Waals surface area contributed by atoms with Gasteiger partial charge in [0.1, 0.15) is 0 Å². The molecule has 0 heterocycles. The maximum atomic E-state index is 12.2. The Morgan fingerprint density at radius 3 is 2.57 bits per heavy atom.